The van der Waals surface area contributed by atoms with E-state index in [1.165, 1.54) is 6.20 Å². The first-order valence-corrected chi connectivity index (χ1v) is 5.84. The van der Waals surface area contributed by atoms with Gasteiger partial charge < -0.3 is 10.6 Å². The highest BCUT2D eigenvalue weighted by atomic mass is 19.2. The first-order valence-electron chi connectivity index (χ1n) is 5.84. The Morgan fingerprint density at radius 2 is 1.85 bits per heavy atom. The summed E-state index contributed by atoms with van der Waals surface area (Å²) in [6.45, 7) is 3.77. The van der Waals surface area contributed by atoms with Crippen molar-refractivity contribution in [3.05, 3.63) is 35.8 Å². The van der Waals surface area contributed by atoms with E-state index in [-0.39, 0.29) is 23.5 Å². The van der Waals surface area contributed by atoms with E-state index in [0.29, 0.717) is 0 Å². The Kier molecular flexibility index (Phi) is 4.02. The number of benzene rings is 1. The minimum absolute atomic E-state index is 0.0899. The molecule has 2 aromatic rings. The summed E-state index contributed by atoms with van der Waals surface area (Å²) in [5, 5.41) is 12.8. The van der Waals surface area contributed by atoms with Gasteiger partial charge in [0.2, 0.25) is 5.95 Å². The Bertz CT molecular complexity index is 618. The largest absolute Gasteiger partial charge is 0.351 e. The third-order valence-electron chi connectivity index (χ3n) is 2.27. The van der Waals surface area contributed by atoms with Crippen molar-refractivity contribution >= 4 is 17.5 Å². The lowest BCUT2D eigenvalue weighted by Crippen LogP contribution is -2.13. The summed E-state index contributed by atoms with van der Waals surface area (Å²) in [5.74, 6) is -3.71. The second-order valence-electron chi connectivity index (χ2n) is 4.31. The predicted octanol–water partition coefficient (Wildman–Crippen LogP) is 2.85. The van der Waals surface area contributed by atoms with Gasteiger partial charge in [0.15, 0.2) is 23.3 Å². The Morgan fingerprint density at radius 1 is 1.10 bits per heavy atom. The average molecular weight is 283 g/mol. The highest BCUT2D eigenvalue weighted by molar-refractivity contribution is 5.57. The lowest BCUT2D eigenvalue weighted by Gasteiger charge is -2.10. The van der Waals surface area contributed by atoms with Crippen molar-refractivity contribution in [2.75, 3.05) is 10.6 Å². The lowest BCUT2D eigenvalue weighted by molar-refractivity contribution is 0.449. The summed E-state index contributed by atoms with van der Waals surface area (Å²) in [6, 6.07) is 1.99. The lowest BCUT2D eigenvalue weighted by atomic mass is 10.3. The third kappa shape index (κ3) is 3.14. The molecule has 1 aromatic carbocycles. The van der Waals surface area contributed by atoms with Gasteiger partial charge in [-0.15, -0.1) is 5.10 Å². The van der Waals surface area contributed by atoms with E-state index in [1.54, 1.807) is 0 Å². The fourth-order valence-electron chi connectivity index (χ4n) is 1.44. The molecule has 20 heavy (non-hydrogen) atoms. The Labute approximate surface area is 113 Å². The molecule has 2 N–H and O–H groups in total. The smallest absolute Gasteiger partial charge is 0.244 e. The molecule has 0 fully saturated rings. The van der Waals surface area contributed by atoms with E-state index in [2.05, 4.69) is 25.8 Å². The van der Waals surface area contributed by atoms with Crippen LogP contribution in [0, 0.1) is 17.5 Å². The van der Waals surface area contributed by atoms with Gasteiger partial charge in [-0.05, 0) is 26.0 Å². The van der Waals surface area contributed by atoms with Crippen molar-refractivity contribution < 1.29 is 13.2 Å². The molecule has 5 nitrogen and oxygen atoms in total. The average Bonchev–Trinajstić information content (AvgIpc) is 2.39. The van der Waals surface area contributed by atoms with Gasteiger partial charge in [0.05, 0.1) is 11.9 Å². The monoisotopic (exact) mass is 283 g/mol. The van der Waals surface area contributed by atoms with Crippen LogP contribution in [0.3, 0.4) is 0 Å². The Morgan fingerprint density at radius 3 is 2.55 bits per heavy atom. The molecule has 0 amide bonds. The maximum atomic E-state index is 13.5. The summed E-state index contributed by atoms with van der Waals surface area (Å²) in [5.41, 5.74) is -0.236. The van der Waals surface area contributed by atoms with Gasteiger partial charge in [0.25, 0.3) is 0 Å². The number of hydrogen-bond acceptors (Lipinski definition) is 5. The fraction of sp³-hybridized carbons (Fsp3) is 0.250. The summed E-state index contributed by atoms with van der Waals surface area (Å²) in [4.78, 5) is 4.02. The van der Waals surface area contributed by atoms with Crippen LogP contribution in [-0.4, -0.2) is 21.2 Å². The number of rotatable bonds is 4. The molecule has 0 spiro atoms. The minimum Gasteiger partial charge on any atom is -0.351 e. The van der Waals surface area contributed by atoms with Gasteiger partial charge in [-0.2, -0.15) is 10.1 Å². The molecule has 8 heteroatoms. The number of aromatic nitrogens is 3. The molecule has 0 aliphatic rings. The van der Waals surface area contributed by atoms with E-state index in [9.17, 15) is 13.2 Å². The molecular formula is C12H12F3N5. The maximum Gasteiger partial charge on any atom is 0.244 e. The maximum absolute atomic E-state index is 13.5. The van der Waals surface area contributed by atoms with E-state index in [1.807, 2.05) is 13.8 Å². The van der Waals surface area contributed by atoms with Crippen LogP contribution in [0.4, 0.5) is 30.6 Å². The highest BCUT2D eigenvalue weighted by Gasteiger charge is 2.14. The zero-order valence-corrected chi connectivity index (χ0v) is 10.8. The van der Waals surface area contributed by atoms with Crippen LogP contribution in [0.25, 0.3) is 0 Å². The van der Waals surface area contributed by atoms with E-state index < -0.39 is 17.5 Å². The second-order valence-corrected chi connectivity index (χ2v) is 4.31. The van der Waals surface area contributed by atoms with Gasteiger partial charge in [-0.1, -0.05) is 0 Å². The normalized spacial score (nSPS) is 10.7. The first kappa shape index (κ1) is 14.0. The van der Waals surface area contributed by atoms with Crippen molar-refractivity contribution in [3.63, 3.8) is 0 Å². The van der Waals surface area contributed by atoms with E-state index in [0.717, 1.165) is 12.1 Å². The van der Waals surface area contributed by atoms with Crippen LogP contribution in [0.5, 0.6) is 0 Å². The van der Waals surface area contributed by atoms with Crippen LogP contribution in [-0.2, 0) is 0 Å². The molecule has 0 unspecified atom stereocenters. The SMILES string of the molecule is CC(C)Nc1nncc(Nc2ccc(F)c(F)c2F)n1. The molecule has 0 aliphatic heterocycles. The predicted molar refractivity (Wildman–Crippen MR) is 68.2 cm³/mol. The van der Waals surface area contributed by atoms with E-state index >= 15 is 0 Å². The van der Waals surface area contributed by atoms with Crippen LogP contribution in [0.2, 0.25) is 0 Å². The molecule has 106 valence electrons. The van der Waals surface area contributed by atoms with Crippen molar-refractivity contribution in [1.29, 1.82) is 0 Å². The molecule has 0 atom stereocenters. The van der Waals surface area contributed by atoms with Crippen molar-refractivity contribution in [3.8, 4) is 0 Å². The standard InChI is InChI=1S/C12H12F3N5/c1-6(2)17-12-19-9(5-16-20-12)18-8-4-3-7(13)10(14)11(8)15/h3-6H,1-2H3,(H2,17,18,19,20). The fourth-order valence-corrected chi connectivity index (χ4v) is 1.44. The van der Waals surface area contributed by atoms with Crippen molar-refractivity contribution in [2.24, 2.45) is 0 Å². The molecule has 2 rings (SSSR count). The second kappa shape index (κ2) is 5.72. The number of nitrogens with zero attached hydrogens (tertiary/aromatic N) is 3. The van der Waals surface area contributed by atoms with Gasteiger partial charge in [-0.25, -0.2) is 13.2 Å². The third-order valence-corrected chi connectivity index (χ3v) is 2.27. The van der Waals surface area contributed by atoms with Gasteiger partial charge in [-0.3, -0.25) is 0 Å². The summed E-state index contributed by atoms with van der Waals surface area (Å²) >= 11 is 0. The first-order chi connectivity index (χ1) is 9.47. The van der Waals surface area contributed by atoms with Crippen molar-refractivity contribution in [1.82, 2.24) is 15.2 Å². The molecule has 0 radical (unpaired) electrons. The molecule has 0 bridgehead atoms. The summed E-state index contributed by atoms with van der Waals surface area (Å²) in [7, 11) is 0. The van der Waals surface area contributed by atoms with Crippen LogP contribution in [0.1, 0.15) is 13.8 Å². The molecular weight excluding hydrogens is 271 g/mol. The molecule has 0 saturated heterocycles. The highest BCUT2D eigenvalue weighted by Crippen LogP contribution is 2.22. The number of nitrogens with one attached hydrogen (secondary N) is 2. The van der Waals surface area contributed by atoms with Crippen LogP contribution >= 0.6 is 0 Å². The zero-order chi connectivity index (χ0) is 14.7. The number of anilines is 3. The quantitative estimate of drug-likeness (QED) is 0.845. The molecule has 0 aliphatic carbocycles. The van der Waals surface area contributed by atoms with E-state index in [4.69, 9.17) is 0 Å². The van der Waals surface area contributed by atoms with Gasteiger partial charge in [0.1, 0.15) is 0 Å². The number of hydrogen-bond donors (Lipinski definition) is 2. The zero-order valence-electron chi connectivity index (χ0n) is 10.8. The molecule has 0 saturated carbocycles. The van der Waals surface area contributed by atoms with Gasteiger partial charge >= 0.3 is 0 Å². The molecule has 1 aromatic heterocycles. The summed E-state index contributed by atoms with van der Waals surface area (Å²) in [6.07, 6.45) is 1.24. The van der Waals surface area contributed by atoms with Crippen LogP contribution in [0.15, 0.2) is 18.3 Å². The Balaban J connectivity index is 2.24. The summed E-state index contributed by atoms with van der Waals surface area (Å²) < 4.78 is 39.4. The minimum atomic E-state index is -1.54. The Hall–Kier alpha value is -2.38. The van der Waals surface area contributed by atoms with Crippen molar-refractivity contribution in [2.45, 2.75) is 19.9 Å². The van der Waals surface area contributed by atoms with Crippen LogP contribution < -0.4 is 10.6 Å². The number of halogens is 3. The molecule has 1 heterocycles. The topological polar surface area (TPSA) is 62.7 Å². The van der Waals surface area contributed by atoms with Gasteiger partial charge in [0, 0.05) is 6.04 Å².